The monoisotopic (exact) mass is 406 g/mol. The molecule has 0 bridgehead atoms. The molecule has 28 heavy (non-hydrogen) atoms. The fourth-order valence-corrected chi connectivity index (χ4v) is 3.61. The van der Waals surface area contributed by atoms with Crippen LogP contribution in [0.15, 0.2) is 6.07 Å². The minimum absolute atomic E-state index is 0.0163. The van der Waals surface area contributed by atoms with Gasteiger partial charge in [0.15, 0.2) is 0 Å². The smallest absolute Gasteiger partial charge is 0.350 e. The van der Waals surface area contributed by atoms with Gasteiger partial charge in [0, 0.05) is 18.5 Å². The standard InChI is InChI=1S/C21H30N2O4S/c1-14(2)17(19(24)23-9-11-27-12-10-23)22-16-13-15(7-8-21(3,4)5)28-18(16)20(25)26-6/h13-14,17,22H,9-12H2,1-6H3/t17-/m0/s1. The molecular weight excluding hydrogens is 376 g/mol. The molecule has 2 rings (SSSR count). The first-order valence-electron chi connectivity index (χ1n) is 9.51. The number of nitrogens with one attached hydrogen (secondary N) is 1. The molecule has 0 unspecified atom stereocenters. The molecule has 1 atom stereocenters. The molecule has 0 radical (unpaired) electrons. The van der Waals surface area contributed by atoms with Crippen molar-refractivity contribution in [3.05, 3.63) is 15.8 Å². The van der Waals surface area contributed by atoms with E-state index in [4.69, 9.17) is 9.47 Å². The Kier molecular flexibility index (Phi) is 7.50. The summed E-state index contributed by atoms with van der Waals surface area (Å²) in [6.45, 7) is 12.3. The van der Waals surface area contributed by atoms with Gasteiger partial charge in [0.05, 0.1) is 30.9 Å². The molecule has 6 nitrogen and oxygen atoms in total. The largest absolute Gasteiger partial charge is 0.465 e. The van der Waals surface area contributed by atoms with E-state index < -0.39 is 12.0 Å². The van der Waals surface area contributed by atoms with E-state index in [-0.39, 0.29) is 17.2 Å². The number of carbonyl (C=O) groups is 2. The Hall–Kier alpha value is -2.04. The van der Waals surface area contributed by atoms with Crippen LogP contribution in [0.25, 0.3) is 0 Å². The normalized spacial score (nSPS) is 15.6. The van der Waals surface area contributed by atoms with Crippen molar-refractivity contribution < 1.29 is 19.1 Å². The van der Waals surface area contributed by atoms with Crippen LogP contribution in [0.4, 0.5) is 5.69 Å². The lowest BCUT2D eigenvalue weighted by atomic mass is 9.98. The summed E-state index contributed by atoms with van der Waals surface area (Å²) in [5.41, 5.74) is 0.450. The van der Waals surface area contributed by atoms with E-state index in [0.29, 0.717) is 36.9 Å². The van der Waals surface area contributed by atoms with Crippen LogP contribution in [0.3, 0.4) is 0 Å². The number of methoxy groups -OCH3 is 1. The van der Waals surface area contributed by atoms with Gasteiger partial charge in [-0.3, -0.25) is 4.79 Å². The Morgan fingerprint density at radius 1 is 1.29 bits per heavy atom. The molecule has 0 aliphatic carbocycles. The van der Waals surface area contributed by atoms with Crippen molar-refractivity contribution in [3.8, 4) is 11.8 Å². The van der Waals surface area contributed by atoms with Crippen LogP contribution in [0.2, 0.25) is 0 Å². The Balaban J connectivity index is 2.31. The lowest BCUT2D eigenvalue weighted by molar-refractivity contribution is -0.137. The number of amides is 1. The summed E-state index contributed by atoms with van der Waals surface area (Å²) in [6, 6.07) is 1.39. The van der Waals surface area contributed by atoms with Crippen molar-refractivity contribution in [2.45, 2.75) is 40.7 Å². The summed E-state index contributed by atoms with van der Waals surface area (Å²) < 4.78 is 10.3. The number of morpholine rings is 1. The number of hydrogen-bond donors (Lipinski definition) is 1. The Bertz CT molecular complexity index is 762. The van der Waals surface area contributed by atoms with E-state index >= 15 is 0 Å². The predicted octanol–water partition coefficient (Wildman–Crippen LogP) is 3.23. The van der Waals surface area contributed by atoms with Crippen LogP contribution in [0, 0.1) is 23.2 Å². The molecule has 1 fully saturated rings. The zero-order chi connectivity index (χ0) is 20.9. The molecule has 0 aromatic carbocycles. The van der Waals surface area contributed by atoms with Gasteiger partial charge in [0.1, 0.15) is 10.9 Å². The number of nitrogens with zero attached hydrogens (tertiary/aromatic N) is 1. The average Bonchev–Trinajstić information content (AvgIpc) is 3.06. The van der Waals surface area contributed by atoms with Crippen molar-refractivity contribution in [2.75, 3.05) is 38.7 Å². The first-order chi connectivity index (χ1) is 13.1. The maximum Gasteiger partial charge on any atom is 0.350 e. The van der Waals surface area contributed by atoms with Gasteiger partial charge < -0.3 is 19.7 Å². The van der Waals surface area contributed by atoms with E-state index in [1.165, 1.54) is 18.4 Å². The molecule has 2 heterocycles. The van der Waals surface area contributed by atoms with E-state index in [2.05, 4.69) is 17.2 Å². The Morgan fingerprint density at radius 2 is 1.93 bits per heavy atom. The van der Waals surface area contributed by atoms with Gasteiger partial charge in [-0.05, 0) is 32.8 Å². The van der Waals surface area contributed by atoms with Gasteiger partial charge in [-0.2, -0.15) is 0 Å². The summed E-state index contributed by atoms with van der Waals surface area (Å²) in [4.78, 5) is 28.3. The number of ether oxygens (including phenoxy) is 2. The first kappa shape index (κ1) is 22.3. The molecule has 1 aromatic heterocycles. The molecule has 7 heteroatoms. The van der Waals surface area contributed by atoms with Gasteiger partial charge in [-0.1, -0.05) is 25.7 Å². The van der Waals surface area contributed by atoms with Gasteiger partial charge >= 0.3 is 5.97 Å². The number of rotatable bonds is 5. The summed E-state index contributed by atoms with van der Waals surface area (Å²) >= 11 is 1.28. The minimum Gasteiger partial charge on any atom is -0.465 e. The van der Waals surface area contributed by atoms with Crippen LogP contribution in [0.1, 0.15) is 49.2 Å². The Morgan fingerprint density at radius 3 is 2.46 bits per heavy atom. The van der Waals surface area contributed by atoms with E-state index in [1.54, 1.807) is 0 Å². The summed E-state index contributed by atoms with van der Waals surface area (Å²) in [6.07, 6.45) is 0. The molecule has 1 saturated heterocycles. The predicted molar refractivity (Wildman–Crippen MR) is 112 cm³/mol. The zero-order valence-corrected chi connectivity index (χ0v) is 18.4. The van der Waals surface area contributed by atoms with Gasteiger partial charge in [-0.15, -0.1) is 11.3 Å². The van der Waals surface area contributed by atoms with Gasteiger partial charge in [0.2, 0.25) is 5.91 Å². The summed E-state index contributed by atoms with van der Waals surface area (Å²) in [5.74, 6) is 5.94. The molecular formula is C21H30N2O4S. The fraction of sp³-hybridized carbons (Fsp3) is 0.619. The van der Waals surface area contributed by atoms with E-state index in [1.807, 2.05) is 45.6 Å². The van der Waals surface area contributed by atoms with Crippen LogP contribution in [-0.4, -0.2) is 56.2 Å². The van der Waals surface area contributed by atoms with Crippen molar-refractivity contribution in [2.24, 2.45) is 11.3 Å². The van der Waals surface area contributed by atoms with E-state index in [9.17, 15) is 9.59 Å². The maximum atomic E-state index is 13.0. The molecule has 1 aromatic rings. The molecule has 154 valence electrons. The third-order valence-corrected chi connectivity index (χ3v) is 5.26. The van der Waals surface area contributed by atoms with Crippen molar-refractivity contribution in [1.82, 2.24) is 4.90 Å². The summed E-state index contributed by atoms with van der Waals surface area (Å²) in [5, 5.41) is 3.29. The third-order valence-electron chi connectivity index (χ3n) is 4.23. The first-order valence-corrected chi connectivity index (χ1v) is 10.3. The molecule has 0 saturated carbocycles. The van der Waals surface area contributed by atoms with Crippen LogP contribution in [-0.2, 0) is 14.3 Å². The van der Waals surface area contributed by atoms with Crippen molar-refractivity contribution in [3.63, 3.8) is 0 Å². The number of carbonyl (C=O) groups excluding carboxylic acids is 2. The van der Waals surface area contributed by atoms with Crippen molar-refractivity contribution in [1.29, 1.82) is 0 Å². The Labute approximate surface area is 171 Å². The number of thiophene rings is 1. The highest BCUT2D eigenvalue weighted by atomic mass is 32.1. The average molecular weight is 407 g/mol. The second-order valence-electron chi connectivity index (χ2n) is 8.15. The molecule has 1 amide bonds. The number of hydrogen-bond acceptors (Lipinski definition) is 6. The quantitative estimate of drug-likeness (QED) is 0.601. The van der Waals surface area contributed by atoms with Gasteiger partial charge in [-0.25, -0.2) is 4.79 Å². The third kappa shape index (κ3) is 5.98. The highest BCUT2D eigenvalue weighted by Gasteiger charge is 2.30. The number of anilines is 1. The second-order valence-corrected chi connectivity index (χ2v) is 9.20. The summed E-state index contributed by atoms with van der Waals surface area (Å²) in [7, 11) is 1.35. The highest BCUT2D eigenvalue weighted by molar-refractivity contribution is 7.15. The van der Waals surface area contributed by atoms with Crippen LogP contribution >= 0.6 is 11.3 Å². The zero-order valence-electron chi connectivity index (χ0n) is 17.5. The second kappa shape index (κ2) is 9.44. The fourth-order valence-electron chi connectivity index (χ4n) is 2.71. The van der Waals surface area contributed by atoms with Crippen LogP contribution < -0.4 is 5.32 Å². The maximum absolute atomic E-state index is 13.0. The topological polar surface area (TPSA) is 67.9 Å². The van der Waals surface area contributed by atoms with E-state index in [0.717, 1.165) is 4.88 Å². The van der Waals surface area contributed by atoms with Crippen molar-refractivity contribution >= 4 is 28.9 Å². The molecule has 1 N–H and O–H groups in total. The highest BCUT2D eigenvalue weighted by Crippen LogP contribution is 2.30. The number of esters is 1. The molecule has 1 aliphatic heterocycles. The lowest BCUT2D eigenvalue weighted by Gasteiger charge is -2.32. The minimum atomic E-state index is -0.445. The van der Waals surface area contributed by atoms with Gasteiger partial charge in [0.25, 0.3) is 0 Å². The lowest BCUT2D eigenvalue weighted by Crippen LogP contribution is -2.49. The molecule has 0 spiro atoms. The van der Waals surface area contributed by atoms with Crippen LogP contribution in [0.5, 0.6) is 0 Å². The molecule has 1 aliphatic rings. The SMILES string of the molecule is COC(=O)c1sc(C#CC(C)(C)C)cc1N[C@H](C(=O)N1CCOCC1)C(C)C.